The lowest BCUT2D eigenvalue weighted by Crippen LogP contribution is -2.26. The van der Waals surface area contributed by atoms with E-state index in [1.165, 1.54) is 4.57 Å². The fourth-order valence-corrected chi connectivity index (χ4v) is 1.62. The Morgan fingerprint density at radius 2 is 2.33 bits per heavy atom. The maximum Gasteiger partial charge on any atom is 0.326 e. The Morgan fingerprint density at radius 1 is 1.67 bits per heavy atom. The van der Waals surface area contributed by atoms with Crippen molar-refractivity contribution in [3.8, 4) is 0 Å². The number of aldehydes is 1. The normalized spacial score (nSPS) is 14.5. The van der Waals surface area contributed by atoms with Gasteiger partial charge in [-0.3, -0.25) is 4.79 Å². The highest BCUT2D eigenvalue weighted by molar-refractivity contribution is 5.77. The number of nitrogens with zero attached hydrogens (tertiary/aromatic N) is 1. The summed E-state index contributed by atoms with van der Waals surface area (Å²) in [5.41, 5.74) is 0.405. The summed E-state index contributed by atoms with van der Waals surface area (Å²) in [5, 5.41) is 9.13. The van der Waals surface area contributed by atoms with Crippen LogP contribution in [0.3, 0.4) is 0 Å². The third kappa shape index (κ3) is 2.26. The zero-order chi connectivity index (χ0) is 11.4. The van der Waals surface area contributed by atoms with Gasteiger partial charge in [0, 0.05) is 6.20 Å². The van der Waals surface area contributed by atoms with Crippen LogP contribution in [0.1, 0.15) is 36.8 Å². The molecule has 0 saturated carbocycles. The van der Waals surface area contributed by atoms with Crippen molar-refractivity contribution in [3.63, 3.8) is 0 Å². The molecule has 1 heterocycles. The van der Waals surface area contributed by atoms with Crippen LogP contribution in [-0.4, -0.2) is 21.9 Å². The molecular formula is C11H15NO3. The van der Waals surface area contributed by atoms with Crippen LogP contribution in [0, 0.1) is 5.92 Å². The second kappa shape index (κ2) is 4.77. The standard InChI is InChI=1S/C11H15NO3/c1-3-8(2)10(11(14)15)12-6-4-5-9(12)7-13/h4-8,10H,3H2,1-2H3,(H,14,15). The van der Waals surface area contributed by atoms with Crippen LogP contribution in [0.25, 0.3) is 0 Å². The zero-order valence-corrected chi connectivity index (χ0v) is 8.88. The quantitative estimate of drug-likeness (QED) is 0.754. The van der Waals surface area contributed by atoms with E-state index in [4.69, 9.17) is 5.11 Å². The number of hydrogen-bond acceptors (Lipinski definition) is 2. The van der Waals surface area contributed by atoms with Crippen LogP contribution in [0.4, 0.5) is 0 Å². The van der Waals surface area contributed by atoms with Crippen LogP contribution in [0.2, 0.25) is 0 Å². The molecular weight excluding hydrogens is 194 g/mol. The average molecular weight is 209 g/mol. The molecule has 0 aliphatic carbocycles. The Kier molecular flexibility index (Phi) is 3.66. The molecule has 0 aliphatic heterocycles. The van der Waals surface area contributed by atoms with Gasteiger partial charge in [0.15, 0.2) is 6.29 Å². The van der Waals surface area contributed by atoms with E-state index in [2.05, 4.69) is 0 Å². The summed E-state index contributed by atoms with van der Waals surface area (Å²) in [5.74, 6) is -0.905. The number of carbonyl (C=O) groups is 2. The van der Waals surface area contributed by atoms with Gasteiger partial charge in [0.25, 0.3) is 0 Å². The van der Waals surface area contributed by atoms with Gasteiger partial charge in [-0.05, 0) is 18.1 Å². The summed E-state index contributed by atoms with van der Waals surface area (Å²) in [6, 6.07) is 2.64. The summed E-state index contributed by atoms with van der Waals surface area (Å²) in [6.07, 6.45) is 3.07. The van der Waals surface area contributed by atoms with Crippen LogP contribution < -0.4 is 0 Å². The first-order valence-electron chi connectivity index (χ1n) is 4.96. The van der Waals surface area contributed by atoms with E-state index in [-0.39, 0.29) is 5.92 Å². The fraction of sp³-hybridized carbons (Fsp3) is 0.455. The molecule has 82 valence electrons. The summed E-state index contributed by atoms with van der Waals surface area (Å²) in [4.78, 5) is 21.8. The largest absolute Gasteiger partial charge is 0.480 e. The van der Waals surface area contributed by atoms with Crippen molar-refractivity contribution in [1.29, 1.82) is 0 Å². The summed E-state index contributed by atoms with van der Waals surface area (Å²) < 4.78 is 1.52. The summed E-state index contributed by atoms with van der Waals surface area (Å²) >= 11 is 0. The third-order valence-corrected chi connectivity index (χ3v) is 2.67. The first kappa shape index (κ1) is 11.5. The predicted molar refractivity (Wildman–Crippen MR) is 55.9 cm³/mol. The Bertz CT molecular complexity index is 356. The van der Waals surface area contributed by atoms with E-state index in [9.17, 15) is 9.59 Å². The minimum atomic E-state index is -0.899. The Labute approximate surface area is 88.5 Å². The second-order valence-electron chi connectivity index (χ2n) is 3.63. The van der Waals surface area contributed by atoms with Crippen LogP contribution in [0.15, 0.2) is 18.3 Å². The van der Waals surface area contributed by atoms with Gasteiger partial charge in [0.1, 0.15) is 6.04 Å². The molecule has 0 fully saturated rings. The van der Waals surface area contributed by atoms with Crippen LogP contribution >= 0.6 is 0 Å². The van der Waals surface area contributed by atoms with E-state index >= 15 is 0 Å². The molecule has 0 aliphatic rings. The Hall–Kier alpha value is -1.58. The van der Waals surface area contributed by atoms with E-state index in [1.807, 2.05) is 13.8 Å². The summed E-state index contributed by atoms with van der Waals surface area (Å²) in [7, 11) is 0. The maximum absolute atomic E-state index is 11.1. The molecule has 1 aromatic heterocycles. The maximum atomic E-state index is 11.1. The van der Waals surface area contributed by atoms with Gasteiger partial charge < -0.3 is 9.67 Å². The predicted octanol–water partition coefficient (Wildman–Crippen LogP) is 1.97. The first-order valence-corrected chi connectivity index (χ1v) is 4.96. The van der Waals surface area contributed by atoms with E-state index in [0.717, 1.165) is 6.42 Å². The van der Waals surface area contributed by atoms with Crippen molar-refractivity contribution >= 4 is 12.3 Å². The molecule has 0 radical (unpaired) electrons. The van der Waals surface area contributed by atoms with Gasteiger partial charge >= 0.3 is 5.97 Å². The fourth-order valence-electron chi connectivity index (χ4n) is 1.62. The number of carbonyl (C=O) groups excluding carboxylic acids is 1. The number of aliphatic carboxylic acids is 1. The van der Waals surface area contributed by atoms with Crippen molar-refractivity contribution in [2.75, 3.05) is 0 Å². The molecule has 0 spiro atoms. The van der Waals surface area contributed by atoms with Gasteiger partial charge in [-0.25, -0.2) is 4.79 Å². The molecule has 2 atom stereocenters. The molecule has 1 rings (SSSR count). The number of aromatic nitrogens is 1. The van der Waals surface area contributed by atoms with Crippen molar-refractivity contribution < 1.29 is 14.7 Å². The number of rotatable bonds is 5. The van der Waals surface area contributed by atoms with Gasteiger partial charge in [-0.15, -0.1) is 0 Å². The molecule has 1 N–H and O–H groups in total. The molecule has 15 heavy (non-hydrogen) atoms. The molecule has 0 bridgehead atoms. The van der Waals surface area contributed by atoms with Crippen LogP contribution in [-0.2, 0) is 4.79 Å². The van der Waals surface area contributed by atoms with Crippen molar-refractivity contribution in [2.45, 2.75) is 26.3 Å². The lowest BCUT2D eigenvalue weighted by molar-refractivity contribution is -0.142. The highest BCUT2D eigenvalue weighted by Gasteiger charge is 2.26. The SMILES string of the molecule is CCC(C)C(C(=O)O)n1cccc1C=O. The number of hydrogen-bond donors (Lipinski definition) is 1. The number of carboxylic acid groups (broad SMARTS) is 1. The van der Waals surface area contributed by atoms with Gasteiger partial charge in [-0.2, -0.15) is 0 Å². The van der Waals surface area contributed by atoms with Crippen molar-refractivity contribution in [2.24, 2.45) is 5.92 Å². The zero-order valence-electron chi connectivity index (χ0n) is 8.88. The molecule has 4 nitrogen and oxygen atoms in total. The third-order valence-electron chi connectivity index (χ3n) is 2.67. The average Bonchev–Trinajstić information content (AvgIpc) is 2.65. The molecule has 0 aromatic carbocycles. The Morgan fingerprint density at radius 3 is 2.80 bits per heavy atom. The van der Waals surface area contributed by atoms with Gasteiger partial charge in [0.05, 0.1) is 5.69 Å². The molecule has 2 unspecified atom stereocenters. The van der Waals surface area contributed by atoms with Crippen molar-refractivity contribution in [1.82, 2.24) is 4.57 Å². The lowest BCUT2D eigenvalue weighted by atomic mass is 9.99. The lowest BCUT2D eigenvalue weighted by Gasteiger charge is -2.21. The smallest absolute Gasteiger partial charge is 0.326 e. The monoisotopic (exact) mass is 209 g/mol. The second-order valence-corrected chi connectivity index (χ2v) is 3.63. The van der Waals surface area contributed by atoms with Crippen molar-refractivity contribution in [3.05, 3.63) is 24.0 Å². The summed E-state index contributed by atoms with van der Waals surface area (Å²) in [6.45, 7) is 3.80. The topological polar surface area (TPSA) is 59.3 Å². The highest BCUT2D eigenvalue weighted by Crippen LogP contribution is 2.23. The molecule has 1 aromatic rings. The Balaban J connectivity index is 3.09. The van der Waals surface area contributed by atoms with E-state index in [0.29, 0.717) is 12.0 Å². The minimum absolute atomic E-state index is 0.00593. The minimum Gasteiger partial charge on any atom is -0.480 e. The van der Waals surface area contributed by atoms with Crippen LogP contribution in [0.5, 0.6) is 0 Å². The molecule has 4 heteroatoms. The molecule has 0 amide bonds. The van der Waals surface area contributed by atoms with Gasteiger partial charge in [-0.1, -0.05) is 20.3 Å². The first-order chi connectivity index (χ1) is 7.11. The van der Waals surface area contributed by atoms with E-state index in [1.54, 1.807) is 18.3 Å². The molecule has 0 saturated heterocycles. The highest BCUT2D eigenvalue weighted by atomic mass is 16.4. The van der Waals surface area contributed by atoms with Gasteiger partial charge in [0.2, 0.25) is 0 Å². The van der Waals surface area contributed by atoms with E-state index < -0.39 is 12.0 Å². The number of carboxylic acids is 1.